The maximum absolute atomic E-state index is 11.5. The van der Waals surface area contributed by atoms with Gasteiger partial charge in [0.15, 0.2) is 0 Å². The number of likely N-dealkylation sites (N-methyl/N-ethyl adjacent to an activating group) is 1. The van der Waals surface area contributed by atoms with Crippen LogP contribution in [-0.4, -0.2) is 31.0 Å². The lowest BCUT2D eigenvalue weighted by Crippen LogP contribution is -2.35. The molecule has 0 unspecified atom stereocenters. The van der Waals surface area contributed by atoms with E-state index in [-0.39, 0.29) is 12.5 Å². The van der Waals surface area contributed by atoms with Gasteiger partial charge in [0, 0.05) is 25.5 Å². The topological polar surface area (TPSA) is 69.0 Å². The van der Waals surface area contributed by atoms with Gasteiger partial charge >= 0.3 is 0 Å². The van der Waals surface area contributed by atoms with E-state index in [0.29, 0.717) is 12.2 Å². The first kappa shape index (κ1) is 13.0. The van der Waals surface area contributed by atoms with Crippen LogP contribution in [0.5, 0.6) is 0 Å². The Balaban J connectivity index is 2.60. The number of aromatic nitrogens is 1. The summed E-state index contributed by atoms with van der Waals surface area (Å²) in [5.74, 6) is -0.0235. The second kappa shape index (κ2) is 6.48. The zero-order valence-electron chi connectivity index (χ0n) is 10.1. The van der Waals surface area contributed by atoms with E-state index in [0.717, 1.165) is 12.1 Å². The third kappa shape index (κ3) is 4.11. The van der Waals surface area contributed by atoms with E-state index in [4.69, 9.17) is 5.26 Å². The molecule has 0 radical (unpaired) electrons. The van der Waals surface area contributed by atoms with Gasteiger partial charge in [0.25, 0.3) is 0 Å². The van der Waals surface area contributed by atoms with Gasteiger partial charge in [-0.2, -0.15) is 5.26 Å². The molecule has 90 valence electrons. The molecule has 1 heterocycles. The molecule has 0 aliphatic rings. The maximum Gasteiger partial charge on any atom is 0.239 e. The molecule has 0 saturated carbocycles. The van der Waals surface area contributed by atoms with Gasteiger partial charge < -0.3 is 10.2 Å². The summed E-state index contributed by atoms with van der Waals surface area (Å²) in [6.45, 7) is 2.97. The van der Waals surface area contributed by atoms with Crippen LogP contribution in [0.1, 0.15) is 19.0 Å². The number of rotatable bonds is 5. The van der Waals surface area contributed by atoms with Crippen molar-refractivity contribution >= 4 is 11.6 Å². The Kier molecular flexibility index (Phi) is 4.95. The van der Waals surface area contributed by atoms with Crippen molar-refractivity contribution in [2.45, 2.75) is 13.3 Å². The van der Waals surface area contributed by atoms with Crippen LogP contribution in [0, 0.1) is 11.3 Å². The summed E-state index contributed by atoms with van der Waals surface area (Å²) in [6.07, 6.45) is 2.48. The lowest BCUT2D eigenvalue weighted by Gasteiger charge is -2.18. The number of hydrogen-bond acceptors (Lipinski definition) is 4. The molecular formula is C12H16N4O. The smallest absolute Gasteiger partial charge is 0.239 e. The van der Waals surface area contributed by atoms with Crippen molar-refractivity contribution in [2.24, 2.45) is 0 Å². The van der Waals surface area contributed by atoms with E-state index in [2.05, 4.69) is 10.3 Å². The molecule has 5 heteroatoms. The second-order valence-corrected chi connectivity index (χ2v) is 3.72. The molecule has 1 N–H and O–H groups in total. The van der Waals surface area contributed by atoms with Gasteiger partial charge in [-0.05, 0) is 18.6 Å². The highest BCUT2D eigenvalue weighted by Crippen LogP contribution is 2.11. The number of nitriles is 1. The summed E-state index contributed by atoms with van der Waals surface area (Å²) >= 11 is 0. The Morgan fingerprint density at radius 1 is 1.65 bits per heavy atom. The quantitative estimate of drug-likeness (QED) is 0.819. The van der Waals surface area contributed by atoms with Gasteiger partial charge in [0.1, 0.15) is 11.8 Å². The molecule has 0 atom stereocenters. The Labute approximate surface area is 101 Å². The monoisotopic (exact) mass is 232 g/mol. The van der Waals surface area contributed by atoms with Crippen molar-refractivity contribution in [3.05, 3.63) is 24.0 Å². The minimum atomic E-state index is -0.0235. The average Bonchev–Trinajstić information content (AvgIpc) is 2.36. The number of nitrogens with one attached hydrogen (secondary N) is 1. The van der Waals surface area contributed by atoms with Crippen LogP contribution in [0.2, 0.25) is 0 Å². The summed E-state index contributed by atoms with van der Waals surface area (Å²) in [5.41, 5.74) is 1.16. The molecule has 0 fully saturated rings. The fourth-order valence-electron chi connectivity index (χ4n) is 1.34. The molecule has 0 bridgehead atoms. The van der Waals surface area contributed by atoms with Gasteiger partial charge in [-0.15, -0.1) is 0 Å². The summed E-state index contributed by atoms with van der Waals surface area (Å²) in [6, 6.07) is 5.40. The highest BCUT2D eigenvalue weighted by Gasteiger charge is 2.07. The van der Waals surface area contributed by atoms with Crippen LogP contribution in [0.4, 0.5) is 5.69 Å². The van der Waals surface area contributed by atoms with Crippen molar-refractivity contribution in [3.8, 4) is 6.07 Å². The zero-order chi connectivity index (χ0) is 12.7. The van der Waals surface area contributed by atoms with E-state index in [1.807, 2.05) is 20.0 Å². The zero-order valence-corrected chi connectivity index (χ0v) is 10.1. The first-order chi connectivity index (χ1) is 8.17. The summed E-state index contributed by atoms with van der Waals surface area (Å²) in [5, 5.41) is 11.5. The molecule has 0 spiro atoms. The Hall–Kier alpha value is -2.09. The van der Waals surface area contributed by atoms with Crippen LogP contribution in [0.3, 0.4) is 0 Å². The standard InChI is InChI=1S/C12H16N4O/c1-3-5-15-12(17)9-16(2)11-4-6-14-10(7-11)8-13/h4,6-7H,3,5,9H2,1-2H3,(H,15,17). The van der Waals surface area contributed by atoms with Gasteiger partial charge in [0.2, 0.25) is 5.91 Å². The van der Waals surface area contributed by atoms with E-state index in [9.17, 15) is 4.79 Å². The van der Waals surface area contributed by atoms with Gasteiger partial charge in [-0.3, -0.25) is 4.79 Å². The number of nitrogens with zero attached hydrogens (tertiary/aromatic N) is 3. The van der Waals surface area contributed by atoms with Crippen molar-refractivity contribution in [1.29, 1.82) is 5.26 Å². The second-order valence-electron chi connectivity index (χ2n) is 3.72. The Bertz CT molecular complexity index is 425. The largest absolute Gasteiger partial charge is 0.365 e. The number of amides is 1. The highest BCUT2D eigenvalue weighted by atomic mass is 16.2. The van der Waals surface area contributed by atoms with Crippen LogP contribution in [0.25, 0.3) is 0 Å². The molecule has 1 amide bonds. The number of carbonyl (C=O) groups is 1. The highest BCUT2D eigenvalue weighted by molar-refractivity contribution is 5.81. The maximum atomic E-state index is 11.5. The Morgan fingerprint density at radius 3 is 3.06 bits per heavy atom. The van der Waals surface area contributed by atoms with E-state index in [1.54, 1.807) is 23.2 Å². The lowest BCUT2D eigenvalue weighted by molar-refractivity contribution is -0.119. The van der Waals surface area contributed by atoms with Crippen LogP contribution in [0.15, 0.2) is 18.3 Å². The number of pyridine rings is 1. The van der Waals surface area contributed by atoms with Crippen LogP contribution in [-0.2, 0) is 4.79 Å². The molecule has 0 aliphatic heterocycles. The number of carbonyl (C=O) groups excluding carboxylic acids is 1. The SMILES string of the molecule is CCCNC(=O)CN(C)c1ccnc(C#N)c1. The number of anilines is 1. The van der Waals surface area contributed by atoms with Gasteiger partial charge in [0.05, 0.1) is 6.54 Å². The van der Waals surface area contributed by atoms with Crippen molar-refractivity contribution < 1.29 is 4.79 Å². The van der Waals surface area contributed by atoms with Crippen LogP contribution >= 0.6 is 0 Å². The minimum Gasteiger partial charge on any atom is -0.365 e. The van der Waals surface area contributed by atoms with Gasteiger partial charge in [-0.1, -0.05) is 6.92 Å². The summed E-state index contributed by atoms with van der Waals surface area (Å²) in [7, 11) is 1.81. The van der Waals surface area contributed by atoms with Crippen molar-refractivity contribution in [1.82, 2.24) is 10.3 Å². The molecule has 17 heavy (non-hydrogen) atoms. The summed E-state index contributed by atoms with van der Waals surface area (Å²) < 4.78 is 0. The molecular weight excluding hydrogens is 216 g/mol. The fraction of sp³-hybridized carbons (Fsp3) is 0.417. The molecule has 1 aromatic heterocycles. The normalized spacial score (nSPS) is 9.47. The molecule has 0 aromatic carbocycles. The molecule has 1 aromatic rings. The fourth-order valence-corrected chi connectivity index (χ4v) is 1.34. The molecule has 5 nitrogen and oxygen atoms in total. The molecule has 0 saturated heterocycles. The van der Waals surface area contributed by atoms with E-state index >= 15 is 0 Å². The predicted molar refractivity (Wildman–Crippen MR) is 65.5 cm³/mol. The van der Waals surface area contributed by atoms with Crippen molar-refractivity contribution in [3.63, 3.8) is 0 Å². The third-order valence-corrected chi connectivity index (χ3v) is 2.25. The van der Waals surface area contributed by atoms with Gasteiger partial charge in [-0.25, -0.2) is 4.98 Å². The Morgan fingerprint density at radius 2 is 2.41 bits per heavy atom. The third-order valence-electron chi connectivity index (χ3n) is 2.25. The predicted octanol–water partition coefficient (Wildman–Crippen LogP) is 0.916. The first-order valence-electron chi connectivity index (χ1n) is 5.51. The minimum absolute atomic E-state index is 0.0235. The van der Waals surface area contributed by atoms with Crippen molar-refractivity contribution in [2.75, 3.05) is 25.0 Å². The molecule has 1 rings (SSSR count). The lowest BCUT2D eigenvalue weighted by atomic mass is 10.3. The first-order valence-corrected chi connectivity index (χ1v) is 5.51. The number of hydrogen-bond donors (Lipinski definition) is 1. The van der Waals surface area contributed by atoms with E-state index < -0.39 is 0 Å². The van der Waals surface area contributed by atoms with E-state index in [1.165, 1.54) is 0 Å². The van der Waals surface area contributed by atoms with Crippen LogP contribution < -0.4 is 10.2 Å². The average molecular weight is 232 g/mol. The summed E-state index contributed by atoms with van der Waals surface area (Å²) in [4.78, 5) is 17.2. The molecule has 0 aliphatic carbocycles.